The highest BCUT2D eigenvalue weighted by atomic mass is 19.1. The molecule has 2 saturated carbocycles. The van der Waals surface area contributed by atoms with Crippen molar-refractivity contribution in [3.8, 4) is 22.8 Å². The zero-order chi connectivity index (χ0) is 27.7. The van der Waals surface area contributed by atoms with Crippen LogP contribution in [0.5, 0.6) is 11.5 Å². The second kappa shape index (κ2) is 10.8. The summed E-state index contributed by atoms with van der Waals surface area (Å²) in [4.78, 5) is 38.2. The molecule has 11 heteroatoms. The number of amides is 2. The third-order valence-corrected chi connectivity index (χ3v) is 7.48. The van der Waals surface area contributed by atoms with Gasteiger partial charge in [0.25, 0.3) is 5.91 Å². The maximum atomic E-state index is 14.6. The van der Waals surface area contributed by atoms with E-state index in [2.05, 4.69) is 25.6 Å². The number of fused-ring (bicyclic) bond motifs is 1. The van der Waals surface area contributed by atoms with Gasteiger partial charge in [0.05, 0.1) is 24.8 Å². The number of aliphatic hydroxyl groups is 1. The molecular formula is C28H34FN5O5. The lowest BCUT2D eigenvalue weighted by molar-refractivity contribution is -0.131. The SMILES string of the molecule is COc1cc(-c2ncnc3c(C(=O)NC4(NC(=O)[C@H](C)O)CCCCC4)c(C)[nH]c23)c(OCC2CC2)cc1F. The number of nitrogens with one attached hydrogen (secondary N) is 3. The van der Waals surface area contributed by atoms with Gasteiger partial charge in [-0.25, -0.2) is 14.4 Å². The molecule has 3 aromatic rings. The number of nitrogens with zero attached hydrogens (tertiary/aromatic N) is 2. The largest absolute Gasteiger partial charge is 0.494 e. The van der Waals surface area contributed by atoms with Gasteiger partial charge in [0.15, 0.2) is 11.6 Å². The van der Waals surface area contributed by atoms with E-state index < -0.39 is 29.4 Å². The van der Waals surface area contributed by atoms with E-state index in [1.165, 1.54) is 32.5 Å². The van der Waals surface area contributed by atoms with Crippen LogP contribution in [-0.4, -0.2) is 57.4 Å². The van der Waals surface area contributed by atoms with Gasteiger partial charge in [-0.3, -0.25) is 9.59 Å². The minimum Gasteiger partial charge on any atom is -0.494 e. The second-order valence-corrected chi connectivity index (χ2v) is 10.6. The van der Waals surface area contributed by atoms with E-state index in [9.17, 15) is 19.1 Å². The third-order valence-electron chi connectivity index (χ3n) is 7.48. The van der Waals surface area contributed by atoms with Gasteiger partial charge in [-0.15, -0.1) is 0 Å². The summed E-state index contributed by atoms with van der Waals surface area (Å²) >= 11 is 0. The average molecular weight is 540 g/mol. The standard InChI is InChI=1S/C28H34FN5O5/c1-15-22(27(37)34-28(9-5-4-6-10-28)33-26(36)16(2)35)24-25(32-15)23(30-14-31-24)18-11-21(38-3)19(29)12-20(18)39-13-17-7-8-17/h11-12,14,16-17,32,35H,4-10,13H2,1-3H3,(H,33,36)(H,34,37)/t16-/m0/s1. The molecule has 2 fully saturated rings. The van der Waals surface area contributed by atoms with Gasteiger partial charge in [0, 0.05) is 17.3 Å². The molecule has 0 spiro atoms. The van der Waals surface area contributed by atoms with Gasteiger partial charge < -0.3 is 30.2 Å². The van der Waals surface area contributed by atoms with E-state index in [1.807, 2.05) is 0 Å². The van der Waals surface area contributed by atoms with Crippen molar-refractivity contribution in [1.29, 1.82) is 0 Å². The topological polar surface area (TPSA) is 138 Å². The Bertz CT molecular complexity index is 1390. The molecule has 0 saturated heterocycles. The number of aromatic amines is 1. The van der Waals surface area contributed by atoms with Gasteiger partial charge in [-0.2, -0.15) is 0 Å². The first kappa shape index (κ1) is 26.9. The Balaban J connectivity index is 1.53. The molecule has 0 bridgehead atoms. The maximum absolute atomic E-state index is 14.6. The molecule has 2 aromatic heterocycles. The summed E-state index contributed by atoms with van der Waals surface area (Å²) in [6.45, 7) is 3.63. The highest BCUT2D eigenvalue weighted by Crippen LogP contribution is 2.39. The lowest BCUT2D eigenvalue weighted by Crippen LogP contribution is -2.62. The fraction of sp³-hybridized carbons (Fsp3) is 0.500. The van der Waals surface area contributed by atoms with Gasteiger partial charge in [0.1, 0.15) is 35.1 Å². The first-order chi connectivity index (χ1) is 18.7. The number of hydrogen-bond acceptors (Lipinski definition) is 7. The number of aliphatic hydroxyl groups excluding tert-OH is 1. The minimum atomic E-state index is -1.20. The van der Waals surface area contributed by atoms with E-state index in [-0.39, 0.29) is 5.75 Å². The van der Waals surface area contributed by atoms with Gasteiger partial charge in [0.2, 0.25) is 5.91 Å². The van der Waals surface area contributed by atoms with Gasteiger partial charge in [-0.05, 0) is 64.4 Å². The molecular weight excluding hydrogens is 505 g/mol. The van der Waals surface area contributed by atoms with Crippen LogP contribution in [-0.2, 0) is 4.79 Å². The van der Waals surface area contributed by atoms with Crippen LogP contribution >= 0.6 is 0 Å². The van der Waals surface area contributed by atoms with Crippen LogP contribution in [0.25, 0.3) is 22.3 Å². The summed E-state index contributed by atoms with van der Waals surface area (Å²) in [5, 5.41) is 15.7. The first-order valence-electron chi connectivity index (χ1n) is 13.4. The van der Waals surface area contributed by atoms with Crippen molar-refractivity contribution in [1.82, 2.24) is 25.6 Å². The first-order valence-corrected chi connectivity index (χ1v) is 13.4. The number of carbonyl (C=O) groups excluding carboxylic acids is 2. The molecule has 2 heterocycles. The molecule has 39 heavy (non-hydrogen) atoms. The number of ether oxygens (including phenoxy) is 2. The molecule has 0 unspecified atom stereocenters. The summed E-state index contributed by atoms with van der Waals surface area (Å²) in [5.74, 6) is -0.653. The number of benzene rings is 1. The summed E-state index contributed by atoms with van der Waals surface area (Å²) in [5.41, 5.74) is 1.76. The summed E-state index contributed by atoms with van der Waals surface area (Å²) < 4.78 is 25.8. The summed E-state index contributed by atoms with van der Waals surface area (Å²) in [7, 11) is 1.39. The number of H-pyrrole nitrogens is 1. The molecule has 10 nitrogen and oxygen atoms in total. The van der Waals surface area contributed by atoms with Crippen LogP contribution in [0.3, 0.4) is 0 Å². The Morgan fingerprint density at radius 2 is 1.92 bits per heavy atom. The molecule has 2 aliphatic carbocycles. The smallest absolute Gasteiger partial charge is 0.257 e. The van der Waals surface area contributed by atoms with Crippen molar-refractivity contribution in [2.45, 2.75) is 70.6 Å². The van der Waals surface area contributed by atoms with Crippen molar-refractivity contribution in [2.75, 3.05) is 13.7 Å². The normalized spacial score (nSPS) is 17.5. The Hall–Kier alpha value is -3.73. The van der Waals surface area contributed by atoms with E-state index in [0.717, 1.165) is 32.1 Å². The predicted octanol–water partition coefficient (Wildman–Crippen LogP) is 3.76. The molecule has 208 valence electrons. The van der Waals surface area contributed by atoms with Crippen molar-refractivity contribution >= 4 is 22.8 Å². The Morgan fingerprint density at radius 1 is 1.18 bits per heavy atom. The van der Waals surface area contributed by atoms with Crippen LogP contribution in [0.4, 0.5) is 4.39 Å². The fourth-order valence-electron chi connectivity index (χ4n) is 5.15. The molecule has 2 amide bonds. The number of carbonyl (C=O) groups is 2. The number of hydrogen-bond donors (Lipinski definition) is 4. The lowest BCUT2D eigenvalue weighted by Gasteiger charge is -2.39. The van der Waals surface area contributed by atoms with Crippen LogP contribution < -0.4 is 20.1 Å². The summed E-state index contributed by atoms with van der Waals surface area (Å²) in [6.07, 6.45) is 6.08. The predicted molar refractivity (Wildman–Crippen MR) is 142 cm³/mol. The van der Waals surface area contributed by atoms with Crippen LogP contribution in [0, 0.1) is 18.7 Å². The molecule has 2 aliphatic rings. The number of halogens is 1. The molecule has 1 aromatic carbocycles. The molecule has 5 rings (SSSR count). The average Bonchev–Trinajstić information content (AvgIpc) is 3.67. The third kappa shape index (κ3) is 5.54. The van der Waals surface area contributed by atoms with Crippen molar-refractivity contribution in [2.24, 2.45) is 5.92 Å². The molecule has 1 atom stereocenters. The van der Waals surface area contributed by atoms with Crippen molar-refractivity contribution in [3.63, 3.8) is 0 Å². The number of methoxy groups -OCH3 is 1. The van der Waals surface area contributed by atoms with Crippen LogP contribution in [0.2, 0.25) is 0 Å². The van der Waals surface area contributed by atoms with E-state index in [0.29, 0.717) is 64.7 Å². The van der Waals surface area contributed by atoms with Gasteiger partial charge >= 0.3 is 0 Å². The molecule has 0 radical (unpaired) electrons. The van der Waals surface area contributed by atoms with E-state index in [1.54, 1.807) is 6.92 Å². The number of aryl methyl sites for hydroxylation is 1. The Labute approximate surface area is 225 Å². The van der Waals surface area contributed by atoms with Crippen LogP contribution in [0.15, 0.2) is 18.5 Å². The number of rotatable bonds is 9. The highest BCUT2D eigenvalue weighted by molar-refractivity contribution is 6.09. The zero-order valence-corrected chi connectivity index (χ0v) is 22.4. The maximum Gasteiger partial charge on any atom is 0.257 e. The summed E-state index contributed by atoms with van der Waals surface area (Å²) in [6, 6.07) is 2.84. The van der Waals surface area contributed by atoms with Crippen molar-refractivity contribution < 1.29 is 28.6 Å². The zero-order valence-electron chi connectivity index (χ0n) is 22.4. The van der Waals surface area contributed by atoms with Crippen LogP contribution in [0.1, 0.15) is 67.9 Å². The molecule has 0 aliphatic heterocycles. The molecule has 4 N–H and O–H groups in total. The van der Waals surface area contributed by atoms with Crippen molar-refractivity contribution in [3.05, 3.63) is 35.5 Å². The van der Waals surface area contributed by atoms with Gasteiger partial charge in [-0.1, -0.05) is 6.42 Å². The minimum absolute atomic E-state index is 0.0462. The Morgan fingerprint density at radius 3 is 2.59 bits per heavy atom. The highest BCUT2D eigenvalue weighted by Gasteiger charge is 2.37. The fourth-order valence-corrected chi connectivity index (χ4v) is 5.15. The number of aromatic nitrogens is 3. The van der Waals surface area contributed by atoms with E-state index >= 15 is 0 Å². The monoisotopic (exact) mass is 539 g/mol. The Kier molecular flexibility index (Phi) is 7.44. The lowest BCUT2D eigenvalue weighted by atomic mass is 9.88. The second-order valence-electron chi connectivity index (χ2n) is 10.6. The quantitative estimate of drug-likeness (QED) is 0.304. The van der Waals surface area contributed by atoms with E-state index in [4.69, 9.17) is 9.47 Å².